The molecule has 2 aliphatic rings. The molecule has 6 heteroatoms. The van der Waals surface area contributed by atoms with Crippen LogP contribution in [0.1, 0.15) is 25.3 Å². The standard InChI is InChI=1S/C23H23N3O3/c1-3-24-17-12-20-19(11-14(17)2)26-23-16-8-5-4-7-15(16)18(13-21(23)29-20)25-10-6-9-22(27)28/h4-5,7-8,11-13,25H,3,6,9-10H2,1-2H3,(H,27,28)/p+1. The molecule has 1 aliphatic carbocycles. The number of hydrogen-bond acceptors (Lipinski definition) is 4. The molecule has 0 aromatic heterocycles. The predicted molar refractivity (Wildman–Crippen MR) is 112 cm³/mol. The number of rotatable bonds is 6. The van der Waals surface area contributed by atoms with E-state index >= 15 is 0 Å². The Morgan fingerprint density at radius 1 is 1.21 bits per heavy atom. The molecule has 3 N–H and O–H groups in total. The molecule has 148 valence electrons. The van der Waals surface area contributed by atoms with Gasteiger partial charge in [0.2, 0.25) is 0 Å². The van der Waals surface area contributed by atoms with E-state index in [1.807, 2.05) is 50.2 Å². The van der Waals surface area contributed by atoms with Crippen molar-refractivity contribution in [3.05, 3.63) is 53.4 Å². The SMILES string of the molecule is CCN=c1cc2oc3cc([NH2+]CCCC(=O)O)c4ccccc4c3nc-2cc1C. The number of quaternary nitrogens is 1. The summed E-state index contributed by atoms with van der Waals surface area (Å²) in [5.41, 5.74) is 4.47. The van der Waals surface area contributed by atoms with Crippen LogP contribution in [0.2, 0.25) is 0 Å². The van der Waals surface area contributed by atoms with Gasteiger partial charge in [0.15, 0.2) is 11.3 Å². The Kier molecular flexibility index (Phi) is 5.27. The summed E-state index contributed by atoms with van der Waals surface area (Å²) in [4.78, 5) is 20.2. The Balaban J connectivity index is 1.87. The summed E-state index contributed by atoms with van der Waals surface area (Å²) in [7, 11) is 0. The first kappa shape index (κ1) is 19.1. The first-order valence-corrected chi connectivity index (χ1v) is 9.89. The Morgan fingerprint density at radius 3 is 2.76 bits per heavy atom. The fraction of sp³-hybridized carbons (Fsp3) is 0.261. The van der Waals surface area contributed by atoms with E-state index in [1.54, 1.807) is 0 Å². The third-order valence-electron chi connectivity index (χ3n) is 5.03. The molecule has 0 spiro atoms. The Bertz CT molecular complexity index is 1240. The molecule has 0 saturated heterocycles. The van der Waals surface area contributed by atoms with Crippen molar-refractivity contribution in [3.8, 4) is 11.5 Å². The van der Waals surface area contributed by atoms with E-state index in [1.165, 1.54) is 0 Å². The lowest BCUT2D eigenvalue weighted by molar-refractivity contribution is -0.570. The van der Waals surface area contributed by atoms with Gasteiger partial charge in [0.1, 0.15) is 16.9 Å². The van der Waals surface area contributed by atoms with Crippen molar-refractivity contribution in [2.75, 3.05) is 13.1 Å². The summed E-state index contributed by atoms with van der Waals surface area (Å²) < 4.78 is 6.24. The highest BCUT2D eigenvalue weighted by atomic mass is 16.4. The highest BCUT2D eigenvalue weighted by Gasteiger charge is 2.16. The molecule has 1 aliphatic heterocycles. The molecule has 0 atom stereocenters. The van der Waals surface area contributed by atoms with E-state index in [4.69, 9.17) is 14.5 Å². The maximum atomic E-state index is 10.8. The van der Waals surface area contributed by atoms with Crippen molar-refractivity contribution >= 4 is 33.5 Å². The normalized spacial score (nSPS) is 12.3. The molecule has 2 aromatic rings. The monoisotopic (exact) mass is 390 g/mol. The van der Waals surface area contributed by atoms with Gasteiger partial charge in [-0.05, 0) is 31.5 Å². The summed E-state index contributed by atoms with van der Waals surface area (Å²) >= 11 is 0. The van der Waals surface area contributed by atoms with E-state index in [0.717, 1.165) is 38.6 Å². The summed E-state index contributed by atoms with van der Waals surface area (Å²) in [6.45, 7) is 5.46. The van der Waals surface area contributed by atoms with Crippen LogP contribution in [0.5, 0.6) is 0 Å². The third kappa shape index (κ3) is 3.84. The maximum absolute atomic E-state index is 10.8. The van der Waals surface area contributed by atoms with Crippen LogP contribution >= 0.6 is 0 Å². The fourth-order valence-electron chi connectivity index (χ4n) is 3.65. The van der Waals surface area contributed by atoms with Gasteiger partial charge in [-0.1, -0.05) is 18.2 Å². The molecule has 0 amide bonds. The first-order valence-electron chi connectivity index (χ1n) is 9.89. The van der Waals surface area contributed by atoms with Gasteiger partial charge in [0.05, 0.1) is 18.3 Å². The number of benzene rings is 3. The summed E-state index contributed by atoms with van der Waals surface area (Å²) in [5.74, 6) is -0.0570. The van der Waals surface area contributed by atoms with Gasteiger partial charge >= 0.3 is 5.97 Å². The number of nitrogens with two attached hydrogens (primary N) is 1. The van der Waals surface area contributed by atoms with Crippen LogP contribution in [0.25, 0.3) is 33.3 Å². The van der Waals surface area contributed by atoms with Gasteiger partial charge in [-0.25, -0.2) is 4.98 Å². The lowest BCUT2D eigenvalue weighted by atomic mass is 10.1. The molecule has 0 bridgehead atoms. The second-order valence-corrected chi connectivity index (χ2v) is 7.14. The maximum Gasteiger partial charge on any atom is 0.303 e. The molecule has 4 rings (SSSR count). The lowest BCUT2D eigenvalue weighted by Crippen LogP contribution is -2.78. The quantitative estimate of drug-likeness (QED) is 0.228. The third-order valence-corrected chi connectivity index (χ3v) is 5.03. The van der Waals surface area contributed by atoms with E-state index in [-0.39, 0.29) is 6.42 Å². The number of hydrogen-bond donors (Lipinski definition) is 2. The average Bonchev–Trinajstić information content (AvgIpc) is 2.71. The second kappa shape index (κ2) is 8.01. The van der Waals surface area contributed by atoms with E-state index < -0.39 is 5.97 Å². The number of carboxylic acid groups (broad SMARTS) is 1. The molecular weight excluding hydrogens is 366 g/mol. The van der Waals surface area contributed by atoms with E-state index in [0.29, 0.717) is 30.9 Å². The van der Waals surface area contributed by atoms with Gasteiger partial charge < -0.3 is 14.8 Å². The summed E-state index contributed by atoms with van der Waals surface area (Å²) in [6.07, 6.45) is 0.775. The number of aromatic nitrogens is 1. The summed E-state index contributed by atoms with van der Waals surface area (Å²) in [6, 6.07) is 14.1. The van der Waals surface area contributed by atoms with Crippen LogP contribution in [0, 0.1) is 6.92 Å². The van der Waals surface area contributed by atoms with E-state index in [9.17, 15) is 4.79 Å². The average molecular weight is 390 g/mol. The zero-order valence-electron chi connectivity index (χ0n) is 16.6. The smallest absolute Gasteiger partial charge is 0.303 e. The van der Waals surface area contributed by atoms with E-state index in [2.05, 4.69) is 16.4 Å². The molecule has 0 radical (unpaired) electrons. The number of carbonyl (C=O) groups is 1. The van der Waals surface area contributed by atoms with Gasteiger partial charge in [-0.3, -0.25) is 9.79 Å². The second-order valence-electron chi connectivity index (χ2n) is 7.14. The van der Waals surface area contributed by atoms with Crippen LogP contribution in [0.3, 0.4) is 0 Å². The minimum atomic E-state index is -0.768. The van der Waals surface area contributed by atoms with Crippen LogP contribution in [0.15, 0.2) is 51.9 Å². The van der Waals surface area contributed by atoms with Gasteiger partial charge in [0, 0.05) is 35.9 Å². The van der Waals surface area contributed by atoms with Crippen molar-refractivity contribution < 1.29 is 19.6 Å². The predicted octanol–water partition coefficient (Wildman–Crippen LogP) is 3.37. The van der Waals surface area contributed by atoms with Crippen LogP contribution in [0.4, 0.5) is 5.69 Å². The number of nitrogens with zero attached hydrogens (tertiary/aromatic N) is 2. The van der Waals surface area contributed by atoms with Gasteiger partial charge in [-0.2, -0.15) is 0 Å². The van der Waals surface area contributed by atoms with Crippen molar-refractivity contribution in [2.45, 2.75) is 26.7 Å². The van der Waals surface area contributed by atoms with Crippen molar-refractivity contribution in [1.82, 2.24) is 4.98 Å². The highest BCUT2D eigenvalue weighted by molar-refractivity contribution is 6.08. The Labute approximate surface area is 168 Å². The minimum absolute atomic E-state index is 0.168. The van der Waals surface area contributed by atoms with Gasteiger partial charge in [-0.15, -0.1) is 0 Å². The van der Waals surface area contributed by atoms with Crippen LogP contribution in [-0.2, 0) is 4.79 Å². The first-order chi connectivity index (χ1) is 14.1. The minimum Gasteiger partial charge on any atom is -0.481 e. The molecule has 0 saturated carbocycles. The Morgan fingerprint density at radius 2 is 2.00 bits per heavy atom. The van der Waals surface area contributed by atoms with Crippen molar-refractivity contribution in [1.29, 1.82) is 0 Å². The molecular formula is C23H24N3O3+. The number of fused-ring (bicyclic) bond motifs is 4. The molecule has 0 fully saturated rings. The van der Waals surface area contributed by atoms with Crippen LogP contribution < -0.4 is 10.7 Å². The largest absolute Gasteiger partial charge is 0.481 e. The fourth-order valence-corrected chi connectivity index (χ4v) is 3.65. The lowest BCUT2D eigenvalue weighted by Gasteiger charge is -2.11. The zero-order chi connectivity index (χ0) is 20.4. The summed E-state index contributed by atoms with van der Waals surface area (Å²) in [5, 5.41) is 14.0. The van der Waals surface area contributed by atoms with Crippen LogP contribution in [-0.4, -0.2) is 29.1 Å². The topological polar surface area (TPSA) is 92.3 Å². The molecule has 29 heavy (non-hydrogen) atoms. The molecule has 6 nitrogen and oxygen atoms in total. The number of aliphatic carboxylic acids is 1. The van der Waals surface area contributed by atoms with Crippen molar-refractivity contribution in [3.63, 3.8) is 0 Å². The number of carboxylic acids is 1. The Hall–Kier alpha value is -3.25. The van der Waals surface area contributed by atoms with Crippen molar-refractivity contribution in [2.24, 2.45) is 4.99 Å². The van der Waals surface area contributed by atoms with Gasteiger partial charge in [0.25, 0.3) is 0 Å². The number of aryl methyl sites for hydroxylation is 1. The molecule has 0 unspecified atom stereocenters. The highest BCUT2D eigenvalue weighted by Crippen LogP contribution is 2.32. The molecule has 1 heterocycles. The zero-order valence-corrected chi connectivity index (χ0v) is 16.6. The molecule has 2 aromatic carbocycles.